The van der Waals surface area contributed by atoms with Crippen LogP contribution in [0, 0.1) is 20.2 Å². The lowest BCUT2D eigenvalue weighted by molar-refractivity contribution is -0.385. The average molecular weight is 311 g/mol. The fourth-order valence-electron chi connectivity index (χ4n) is 2.12. The van der Waals surface area contributed by atoms with Crippen LogP contribution in [0.5, 0.6) is 0 Å². The summed E-state index contributed by atoms with van der Waals surface area (Å²) in [6, 6.07) is 11.8. The summed E-state index contributed by atoms with van der Waals surface area (Å²) >= 11 is 0. The van der Waals surface area contributed by atoms with Crippen molar-refractivity contribution >= 4 is 11.4 Å². The van der Waals surface area contributed by atoms with Gasteiger partial charge in [-0.05, 0) is 24.3 Å². The monoisotopic (exact) mass is 311 g/mol. The molecule has 0 aliphatic heterocycles. The average Bonchev–Trinajstić information content (AvgIpc) is 3.04. The van der Waals surface area contributed by atoms with E-state index in [0.29, 0.717) is 22.5 Å². The number of nitro groups is 2. The van der Waals surface area contributed by atoms with Gasteiger partial charge >= 0.3 is 0 Å². The molecule has 2 aromatic carbocycles. The number of aromatic amines is 1. The minimum Gasteiger partial charge on any atom is -0.258 e. The van der Waals surface area contributed by atoms with Crippen molar-refractivity contribution in [1.82, 2.24) is 15.4 Å². The van der Waals surface area contributed by atoms with Gasteiger partial charge in [-0.3, -0.25) is 20.2 Å². The first-order valence-corrected chi connectivity index (χ1v) is 6.46. The van der Waals surface area contributed by atoms with Gasteiger partial charge in [0, 0.05) is 35.4 Å². The Kier molecular flexibility index (Phi) is 3.51. The third-order valence-electron chi connectivity index (χ3n) is 3.25. The van der Waals surface area contributed by atoms with Crippen molar-refractivity contribution in [3.63, 3.8) is 0 Å². The molecule has 3 aromatic rings. The maximum Gasteiger partial charge on any atom is 0.269 e. The van der Waals surface area contributed by atoms with Crippen LogP contribution in [0.2, 0.25) is 0 Å². The molecule has 0 aliphatic carbocycles. The number of hydrogen-bond acceptors (Lipinski definition) is 6. The minimum absolute atomic E-state index is 0.0193. The highest BCUT2D eigenvalue weighted by Gasteiger charge is 2.15. The summed E-state index contributed by atoms with van der Waals surface area (Å²) in [7, 11) is 0. The van der Waals surface area contributed by atoms with Crippen molar-refractivity contribution in [3.8, 4) is 22.5 Å². The molecule has 0 atom stereocenters. The number of H-pyrrole nitrogens is 1. The van der Waals surface area contributed by atoms with E-state index in [2.05, 4.69) is 15.4 Å². The second-order valence-electron chi connectivity index (χ2n) is 4.63. The van der Waals surface area contributed by atoms with E-state index in [9.17, 15) is 20.2 Å². The quantitative estimate of drug-likeness (QED) is 0.582. The number of hydrogen-bond donors (Lipinski definition) is 1. The molecule has 0 bridgehead atoms. The molecule has 23 heavy (non-hydrogen) atoms. The van der Waals surface area contributed by atoms with Gasteiger partial charge in [0.15, 0.2) is 0 Å². The molecule has 9 heteroatoms. The zero-order valence-electron chi connectivity index (χ0n) is 11.5. The van der Waals surface area contributed by atoms with Gasteiger partial charge in [0.2, 0.25) is 0 Å². The molecule has 0 unspecified atom stereocenters. The highest BCUT2D eigenvalue weighted by molar-refractivity contribution is 5.78. The number of non-ortho nitro benzene ring substituents is 2. The lowest BCUT2D eigenvalue weighted by atomic mass is 10.0. The van der Waals surface area contributed by atoms with Crippen LogP contribution in [-0.4, -0.2) is 25.3 Å². The van der Waals surface area contributed by atoms with E-state index < -0.39 is 9.85 Å². The van der Waals surface area contributed by atoms with Crippen molar-refractivity contribution in [3.05, 3.63) is 68.8 Å². The third kappa shape index (κ3) is 2.75. The molecule has 114 valence electrons. The number of nitro benzene ring substituents is 2. The zero-order valence-corrected chi connectivity index (χ0v) is 11.5. The van der Waals surface area contributed by atoms with Crippen molar-refractivity contribution in [2.45, 2.75) is 0 Å². The van der Waals surface area contributed by atoms with Gasteiger partial charge in [-0.15, -0.1) is 0 Å². The van der Waals surface area contributed by atoms with E-state index in [1.807, 2.05) is 0 Å². The lowest BCUT2D eigenvalue weighted by Crippen LogP contribution is -1.89. The smallest absolute Gasteiger partial charge is 0.258 e. The van der Waals surface area contributed by atoms with Crippen molar-refractivity contribution in [2.75, 3.05) is 0 Å². The molecule has 3 rings (SSSR count). The molecule has 0 saturated heterocycles. The number of nitrogens with one attached hydrogen (secondary N) is 1. The van der Waals surface area contributed by atoms with E-state index in [0.717, 1.165) is 0 Å². The number of nitrogens with zero attached hydrogens (tertiary/aromatic N) is 4. The molecular weight excluding hydrogens is 302 g/mol. The highest BCUT2D eigenvalue weighted by Crippen LogP contribution is 2.30. The van der Waals surface area contributed by atoms with Gasteiger partial charge in [0.1, 0.15) is 11.4 Å². The van der Waals surface area contributed by atoms with Crippen molar-refractivity contribution in [2.24, 2.45) is 0 Å². The first kappa shape index (κ1) is 14.3. The Balaban J connectivity index is 1.98. The van der Waals surface area contributed by atoms with E-state index >= 15 is 0 Å². The molecule has 9 nitrogen and oxygen atoms in total. The number of benzene rings is 2. The summed E-state index contributed by atoms with van der Waals surface area (Å²) in [4.78, 5) is 20.4. The van der Waals surface area contributed by atoms with Gasteiger partial charge in [-0.25, -0.2) is 0 Å². The van der Waals surface area contributed by atoms with E-state index in [1.54, 1.807) is 24.3 Å². The molecule has 0 radical (unpaired) electrons. The normalized spacial score (nSPS) is 10.4. The minimum atomic E-state index is -0.482. The Hall–Kier alpha value is -3.62. The fourth-order valence-corrected chi connectivity index (χ4v) is 2.12. The summed E-state index contributed by atoms with van der Waals surface area (Å²) in [6.45, 7) is 0. The summed E-state index contributed by atoms with van der Waals surface area (Å²) in [5.41, 5.74) is 2.28. The Bertz CT molecular complexity index is 799. The second kappa shape index (κ2) is 5.64. The highest BCUT2D eigenvalue weighted by atomic mass is 16.6. The SMILES string of the molecule is O=[N+]([O-])c1ccc(-c2n[nH]nc2-c2ccc([N+](=O)[O-])cc2)cc1. The summed E-state index contributed by atoms with van der Waals surface area (Å²) in [6.07, 6.45) is 0. The summed E-state index contributed by atoms with van der Waals surface area (Å²) in [5, 5.41) is 32.0. The Morgan fingerprint density at radius 3 is 1.35 bits per heavy atom. The predicted molar refractivity (Wildman–Crippen MR) is 80.6 cm³/mol. The van der Waals surface area contributed by atoms with Crippen molar-refractivity contribution < 1.29 is 9.85 Å². The van der Waals surface area contributed by atoms with Gasteiger partial charge < -0.3 is 0 Å². The Labute approximate surface area is 128 Å². The van der Waals surface area contributed by atoms with Crippen molar-refractivity contribution in [1.29, 1.82) is 0 Å². The zero-order chi connectivity index (χ0) is 16.4. The van der Waals surface area contributed by atoms with E-state index in [4.69, 9.17) is 0 Å². The fraction of sp³-hybridized carbons (Fsp3) is 0. The first-order chi connectivity index (χ1) is 11.1. The number of rotatable bonds is 4. The van der Waals surface area contributed by atoms with Gasteiger partial charge in [-0.1, -0.05) is 0 Å². The Morgan fingerprint density at radius 2 is 1.04 bits per heavy atom. The molecule has 1 N–H and O–H groups in total. The van der Waals surface area contributed by atoms with Crippen LogP contribution < -0.4 is 0 Å². The largest absolute Gasteiger partial charge is 0.269 e. The van der Waals surface area contributed by atoms with Crippen LogP contribution in [0.15, 0.2) is 48.5 Å². The maximum absolute atomic E-state index is 10.7. The second-order valence-corrected chi connectivity index (χ2v) is 4.63. The van der Waals surface area contributed by atoms with Gasteiger partial charge in [0.25, 0.3) is 11.4 Å². The van der Waals surface area contributed by atoms with Gasteiger partial charge in [-0.2, -0.15) is 15.4 Å². The molecule has 0 spiro atoms. The standard InChI is InChI=1S/C14H9N5O4/c20-18(21)11-5-1-9(2-6-11)13-14(16-17-15-13)10-3-7-12(8-4-10)19(22)23/h1-8H,(H,15,16,17). The lowest BCUT2D eigenvalue weighted by Gasteiger charge is -2.01. The van der Waals surface area contributed by atoms with Crippen LogP contribution >= 0.6 is 0 Å². The van der Waals surface area contributed by atoms with Crippen LogP contribution in [0.4, 0.5) is 11.4 Å². The summed E-state index contributed by atoms with van der Waals surface area (Å²) in [5.74, 6) is 0. The molecule has 1 heterocycles. The third-order valence-corrected chi connectivity index (χ3v) is 3.25. The molecule has 1 aromatic heterocycles. The predicted octanol–water partition coefficient (Wildman–Crippen LogP) is 2.96. The van der Waals surface area contributed by atoms with E-state index in [1.165, 1.54) is 24.3 Å². The van der Waals surface area contributed by atoms with Crippen LogP contribution in [0.25, 0.3) is 22.5 Å². The Morgan fingerprint density at radius 1 is 0.696 bits per heavy atom. The van der Waals surface area contributed by atoms with Crippen LogP contribution in [0.3, 0.4) is 0 Å². The van der Waals surface area contributed by atoms with Crippen LogP contribution in [0.1, 0.15) is 0 Å². The molecule has 0 amide bonds. The molecule has 0 saturated carbocycles. The topological polar surface area (TPSA) is 128 Å². The van der Waals surface area contributed by atoms with E-state index in [-0.39, 0.29) is 11.4 Å². The van der Waals surface area contributed by atoms with Gasteiger partial charge in [0.05, 0.1) is 9.85 Å². The summed E-state index contributed by atoms with van der Waals surface area (Å²) < 4.78 is 0. The molecular formula is C14H9N5O4. The maximum atomic E-state index is 10.7. The molecule has 0 aliphatic rings. The molecule has 0 fully saturated rings. The number of aromatic nitrogens is 3. The van der Waals surface area contributed by atoms with Crippen LogP contribution in [-0.2, 0) is 0 Å². The first-order valence-electron chi connectivity index (χ1n) is 6.46.